The number of hydrogen-bond donors (Lipinski definition) is 1. The third-order valence-electron chi connectivity index (χ3n) is 5.58. The number of methoxy groups -OCH3 is 2. The van der Waals surface area contributed by atoms with Crippen LogP contribution >= 0.6 is 12.4 Å². The summed E-state index contributed by atoms with van der Waals surface area (Å²) < 4.78 is 10.7. The first-order chi connectivity index (χ1) is 13.0. The van der Waals surface area contributed by atoms with E-state index in [1.54, 1.807) is 14.2 Å². The Bertz CT molecular complexity index is 699. The van der Waals surface area contributed by atoms with Crippen LogP contribution in [0.1, 0.15) is 37.3 Å². The molecular weight excluding hydrogens is 384 g/mol. The average molecular weight is 413 g/mol. The van der Waals surface area contributed by atoms with E-state index in [9.17, 15) is 14.7 Å². The average Bonchev–Trinajstić information content (AvgIpc) is 3.17. The van der Waals surface area contributed by atoms with Crippen LogP contribution in [0.4, 0.5) is 0 Å². The molecule has 156 valence electrons. The Morgan fingerprint density at radius 2 is 1.82 bits per heavy atom. The van der Waals surface area contributed by atoms with Gasteiger partial charge in [0.15, 0.2) is 11.5 Å². The molecule has 0 radical (unpaired) electrons. The molecule has 0 aromatic heterocycles. The number of carbonyl (C=O) groups excluding carboxylic acids is 1. The maximum absolute atomic E-state index is 12.9. The van der Waals surface area contributed by atoms with E-state index in [0.29, 0.717) is 24.5 Å². The minimum Gasteiger partial charge on any atom is -0.493 e. The van der Waals surface area contributed by atoms with E-state index in [-0.39, 0.29) is 36.8 Å². The first-order valence-corrected chi connectivity index (χ1v) is 9.50. The zero-order valence-corrected chi connectivity index (χ0v) is 17.2. The second-order valence-corrected chi connectivity index (χ2v) is 7.27. The van der Waals surface area contributed by atoms with Crippen molar-refractivity contribution >= 4 is 24.3 Å². The van der Waals surface area contributed by atoms with Gasteiger partial charge in [0.2, 0.25) is 5.91 Å². The smallest absolute Gasteiger partial charge is 0.307 e. The van der Waals surface area contributed by atoms with Crippen molar-refractivity contribution in [3.05, 3.63) is 23.8 Å². The molecule has 2 unspecified atom stereocenters. The number of piperidine rings is 1. The fourth-order valence-corrected chi connectivity index (χ4v) is 4.15. The van der Waals surface area contributed by atoms with Crippen LogP contribution in [-0.2, 0) is 9.59 Å². The van der Waals surface area contributed by atoms with Crippen molar-refractivity contribution in [2.24, 2.45) is 5.92 Å². The molecule has 2 heterocycles. The first kappa shape index (κ1) is 22.3. The molecule has 2 fully saturated rings. The van der Waals surface area contributed by atoms with Gasteiger partial charge in [0.05, 0.1) is 32.7 Å². The van der Waals surface area contributed by atoms with Crippen LogP contribution in [0.2, 0.25) is 0 Å². The number of ether oxygens (including phenoxy) is 2. The Kier molecular flexibility index (Phi) is 7.95. The van der Waals surface area contributed by atoms with Gasteiger partial charge in [0.1, 0.15) is 0 Å². The van der Waals surface area contributed by atoms with Crippen LogP contribution in [0, 0.1) is 5.92 Å². The van der Waals surface area contributed by atoms with E-state index in [4.69, 9.17) is 9.47 Å². The number of halogens is 1. The second-order valence-electron chi connectivity index (χ2n) is 7.27. The molecule has 7 nitrogen and oxygen atoms in total. The van der Waals surface area contributed by atoms with Crippen LogP contribution < -0.4 is 9.47 Å². The Morgan fingerprint density at radius 3 is 2.50 bits per heavy atom. The van der Waals surface area contributed by atoms with Gasteiger partial charge in [0, 0.05) is 13.1 Å². The minimum atomic E-state index is -0.767. The number of amides is 1. The summed E-state index contributed by atoms with van der Waals surface area (Å²) in [5, 5.41) is 9.24. The topological polar surface area (TPSA) is 79.3 Å². The summed E-state index contributed by atoms with van der Waals surface area (Å²) in [6, 6.07) is 5.82. The maximum Gasteiger partial charge on any atom is 0.307 e. The van der Waals surface area contributed by atoms with Crippen LogP contribution in [-0.4, -0.2) is 67.2 Å². The highest BCUT2D eigenvalue weighted by Crippen LogP contribution is 2.37. The highest BCUT2D eigenvalue weighted by molar-refractivity contribution is 5.85. The second kappa shape index (κ2) is 9.98. The number of benzene rings is 1. The Hall–Kier alpha value is -1.99. The molecule has 1 aromatic carbocycles. The number of carboxylic acids is 1. The molecule has 1 aromatic rings. The van der Waals surface area contributed by atoms with Crippen molar-refractivity contribution in [1.29, 1.82) is 0 Å². The molecule has 0 spiro atoms. The van der Waals surface area contributed by atoms with E-state index in [1.165, 1.54) is 0 Å². The molecule has 1 amide bonds. The Morgan fingerprint density at radius 1 is 1.11 bits per heavy atom. The molecule has 2 aliphatic rings. The number of rotatable bonds is 6. The fourth-order valence-electron chi connectivity index (χ4n) is 4.15. The first-order valence-electron chi connectivity index (χ1n) is 9.50. The largest absolute Gasteiger partial charge is 0.493 e. The highest BCUT2D eigenvalue weighted by atomic mass is 35.5. The van der Waals surface area contributed by atoms with Gasteiger partial charge in [0.25, 0.3) is 0 Å². The zero-order valence-electron chi connectivity index (χ0n) is 16.4. The third-order valence-corrected chi connectivity index (χ3v) is 5.58. The number of hydrogen-bond acceptors (Lipinski definition) is 5. The number of carboxylic acid groups (broad SMARTS) is 1. The molecule has 0 bridgehead atoms. The summed E-state index contributed by atoms with van der Waals surface area (Å²) in [7, 11) is 3.21. The molecule has 0 aliphatic carbocycles. The minimum absolute atomic E-state index is 0. The van der Waals surface area contributed by atoms with E-state index >= 15 is 0 Å². The number of nitrogens with zero attached hydrogens (tertiary/aromatic N) is 2. The lowest BCUT2D eigenvalue weighted by atomic mass is 9.98. The van der Waals surface area contributed by atoms with Gasteiger partial charge in [-0.15, -0.1) is 12.4 Å². The monoisotopic (exact) mass is 412 g/mol. The predicted octanol–water partition coefficient (Wildman–Crippen LogP) is 2.59. The van der Waals surface area contributed by atoms with Crippen molar-refractivity contribution < 1.29 is 24.2 Å². The van der Waals surface area contributed by atoms with Gasteiger partial charge >= 0.3 is 5.97 Å². The van der Waals surface area contributed by atoms with E-state index in [1.807, 2.05) is 28.0 Å². The highest BCUT2D eigenvalue weighted by Gasteiger charge is 2.33. The molecule has 3 rings (SSSR count). The van der Waals surface area contributed by atoms with Gasteiger partial charge in [-0.3, -0.25) is 14.5 Å². The van der Waals surface area contributed by atoms with Crippen molar-refractivity contribution in [3.8, 4) is 11.5 Å². The fraction of sp³-hybridized carbons (Fsp3) is 0.600. The van der Waals surface area contributed by atoms with Crippen LogP contribution in [0.3, 0.4) is 0 Å². The summed E-state index contributed by atoms with van der Waals surface area (Å²) >= 11 is 0. The number of likely N-dealkylation sites (tertiary alicyclic amines) is 2. The quantitative estimate of drug-likeness (QED) is 0.773. The van der Waals surface area contributed by atoms with Gasteiger partial charge < -0.3 is 19.5 Å². The van der Waals surface area contributed by atoms with Crippen molar-refractivity contribution in [1.82, 2.24) is 9.80 Å². The number of aliphatic carboxylic acids is 1. The van der Waals surface area contributed by atoms with Crippen molar-refractivity contribution in [2.75, 3.05) is 40.4 Å². The molecule has 2 atom stereocenters. The summed E-state index contributed by atoms with van der Waals surface area (Å²) in [4.78, 5) is 28.1. The molecule has 2 saturated heterocycles. The van der Waals surface area contributed by atoms with E-state index in [2.05, 4.69) is 0 Å². The normalized spacial score (nSPS) is 22.4. The lowest BCUT2D eigenvalue weighted by Gasteiger charge is -2.33. The van der Waals surface area contributed by atoms with Crippen LogP contribution in [0.5, 0.6) is 11.5 Å². The Balaban J connectivity index is 0.00000280. The summed E-state index contributed by atoms with van der Waals surface area (Å²) in [5.74, 6) is 0.265. The Labute approximate surface area is 172 Å². The van der Waals surface area contributed by atoms with E-state index in [0.717, 1.165) is 37.9 Å². The molecule has 28 heavy (non-hydrogen) atoms. The van der Waals surface area contributed by atoms with Gasteiger partial charge in [-0.25, -0.2) is 0 Å². The summed E-state index contributed by atoms with van der Waals surface area (Å²) in [6.07, 6.45) is 3.39. The van der Waals surface area contributed by atoms with Gasteiger partial charge in [-0.2, -0.15) is 0 Å². The predicted molar refractivity (Wildman–Crippen MR) is 107 cm³/mol. The van der Waals surface area contributed by atoms with Crippen LogP contribution in [0.25, 0.3) is 0 Å². The molecule has 8 heteroatoms. The SMILES string of the molecule is COc1ccc(C2CCCN2C(=O)CN2CCCC(C(=O)O)C2)cc1OC.Cl. The number of carbonyl (C=O) groups is 2. The van der Waals surface area contributed by atoms with Gasteiger partial charge in [-0.1, -0.05) is 6.07 Å². The summed E-state index contributed by atoms with van der Waals surface area (Å²) in [5.41, 5.74) is 1.04. The van der Waals surface area contributed by atoms with Gasteiger partial charge in [-0.05, 0) is 49.9 Å². The van der Waals surface area contributed by atoms with E-state index < -0.39 is 5.97 Å². The molecule has 0 saturated carbocycles. The lowest BCUT2D eigenvalue weighted by Crippen LogP contribution is -2.45. The third kappa shape index (κ3) is 4.89. The lowest BCUT2D eigenvalue weighted by molar-refractivity contribution is -0.145. The van der Waals surface area contributed by atoms with Crippen molar-refractivity contribution in [2.45, 2.75) is 31.7 Å². The molecular formula is C20H29ClN2O5. The standard InChI is InChI=1S/C20H28N2O5.ClH/c1-26-17-8-7-14(11-18(17)27-2)16-6-4-10-22(16)19(23)13-21-9-3-5-15(12-21)20(24)25;/h7-8,11,15-16H,3-6,9-10,12-13H2,1-2H3,(H,24,25);1H. The van der Waals surface area contributed by atoms with Crippen molar-refractivity contribution in [3.63, 3.8) is 0 Å². The molecule has 2 aliphatic heterocycles. The molecule has 1 N–H and O–H groups in total. The maximum atomic E-state index is 12.9. The zero-order chi connectivity index (χ0) is 19.4. The van der Waals surface area contributed by atoms with Crippen LogP contribution in [0.15, 0.2) is 18.2 Å². The summed E-state index contributed by atoms with van der Waals surface area (Å²) in [6.45, 7) is 2.25.